The van der Waals surface area contributed by atoms with Crippen LogP contribution in [0.2, 0.25) is 5.04 Å². The minimum absolute atomic E-state index is 0.0981. The average Bonchev–Trinajstić information content (AvgIpc) is 3.68. The second kappa shape index (κ2) is 15.3. The number of aliphatic imine (C=N–C) groups is 1. The summed E-state index contributed by atoms with van der Waals surface area (Å²) in [4.78, 5) is 43.5. The number of amides is 1. The summed E-state index contributed by atoms with van der Waals surface area (Å²) in [6.07, 6.45) is 0.0407. The summed E-state index contributed by atoms with van der Waals surface area (Å²) >= 11 is 3.84. The fraction of sp³-hybridized carbons (Fsp3) is 0.324. The van der Waals surface area contributed by atoms with Gasteiger partial charge in [-0.1, -0.05) is 128 Å². The molecule has 4 atom stereocenters. The number of carbonyl (C=O) groups is 1. The van der Waals surface area contributed by atoms with Gasteiger partial charge >= 0.3 is 6.09 Å². The zero-order chi connectivity index (χ0) is 36.2. The van der Waals surface area contributed by atoms with Crippen LogP contribution in [-0.4, -0.2) is 82.9 Å². The Balaban J connectivity index is 1.35. The van der Waals surface area contributed by atoms with E-state index in [1.165, 1.54) is 12.7 Å². The number of aromatic nitrogens is 4. The second-order valence-corrected chi connectivity index (χ2v) is 19.0. The van der Waals surface area contributed by atoms with Crippen LogP contribution in [-0.2, 0) is 20.4 Å². The van der Waals surface area contributed by atoms with Gasteiger partial charge < -0.3 is 24.1 Å². The number of halogens is 1. The van der Waals surface area contributed by atoms with Gasteiger partial charge in [0, 0.05) is 20.6 Å². The third kappa shape index (κ3) is 7.69. The molecule has 2 aromatic heterocycles. The van der Waals surface area contributed by atoms with E-state index in [1.807, 2.05) is 80.8 Å². The van der Waals surface area contributed by atoms with Crippen LogP contribution in [0.5, 0.6) is 0 Å². The van der Waals surface area contributed by atoms with Gasteiger partial charge in [0.25, 0.3) is 13.9 Å². The van der Waals surface area contributed by atoms with E-state index in [-0.39, 0.29) is 35.3 Å². The van der Waals surface area contributed by atoms with Crippen molar-refractivity contribution in [2.24, 2.45) is 4.99 Å². The summed E-state index contributed by atoms with van der Waals surface area (Å²) < 4.78 is 21.7. The summed E-state index contributed by atoms with van der Waals surface area (Å²) in [7, 11) is 0.691. The maximum atomic E-state index is 13.3. The molecule has 0 aliphatic carbocycles. The monoisotopic (exact) mass is 771 g/mol. The quantitative estimate of drug-likeness (QED) is 0.0841. The number of hydrogen-bond acceptors (Lipinski definition) is 8. The van der Waals surface area contributed by atoms with Gasteiger partial charge in [-0.3, -0.25) is 14.3 Å². The topological polar surface area (TPSA) is 136 Å². The first kappa shape index (κ1) is 36.2. The zero-order valence-electron chi connectivity index (χ0n) is 29.2. The average molecular weight is 773 g/mol. The maximum absolute atomic E-state index is 13.3. The molecule has 0 bridgehead atoms. The van der Waals surface area contributed by atoms with Gasteiger partial charge in [0.15, 0.2) is 23.5 Å². The molecule has 1 aliphatic rings. The molecule has 3 heterocycles. The molecular formula is C37H42BrN7O5Si. The Morgan fingerprint density at radius 2 is 1.65 bits per heavy atom. The Labute approximate surface area is 306 Å². The van der Waals surface area contributed by atoms with Crippen LogP contribution >= 0.6 is 15.9 Å². The third-order valence-electron chi connectivity index (χ3n) is 8.77. The number of benzene rings is 3. The third-order valence-corrected chi connectivity index (χ3v) is 14.9. The van der Waals surface area contributed by atoms with Gasteiger partial charge in [0.05, 0.1) is 30.2 Å². The number of nitrogens with one attached hydrogen (secondary N) is 2. The molecule has 1 aliphatic heterocycles. The number of carbonyl (C=O) groups excluding carboxylic acids is 1. The number of alkyl carbamates (subject to hydrolysis) is 1. The molecule has 14 heteroatoms. The van der Waals surface area contributed by atoms with Crippen molar-refractivity contribution in [3.63, 3.8) is 0 Å². The maximum Gasteiger partial charge on any atom is 0.407 e. The molecule has 0 spiro atoms. The van der Waals surface area contributed by atoms with Gasteiger partial charge in [0.1, 0.15) is 0 Å². The van der Waals surface area contributed by atoms with Gasteiger partial charge in [-0.25, -0.2) is 14.8 Å². The van der Waals surface area contributed by atoms with E-state index in [9.17, 15) is 9.59 Å². The van der Waals surface area contributed by atoms with Gasteiger partial charge in [0.2, 0.25) is 5.95 Å². The minimum Gasteiger partial charge on any atom is -0.440 e. The van der Waals surface area contributed by atoms with Crippen molar-refractivity contribution in [3.8, 4) is 0 Å². The number of ether oxygens (including phenoxy) is 2. The van der Waals surface area contributed by atoms with Crippen LogP contribution in [0.15, 0.2) is 107 Å². The lowest BCUT2D eigenvalue weighted by molar-refractivity contribution is -0.0500. The molecule has 51 heavy (non-hydrogen) atoms. The van der Waals surface area contributed by atoms with Crippen LogP contribution in [0.1, 0.15) is 32.6 Å². The number of H-pyrrole nitrogens is 1. The van der Waals surface area contributed by atoms with E-state index in [2.05, 4.69) is 86.2 Å². The molecule has 2 N–H and O–H groups in total. The second-order valence-electron chi connectivity index (χ2n) is 13.6. The van der Waals surface area contributed by atoms with Crippen molar-refractivity contribution < 1.29 is 18.7 Å². The molecule has 1 fully saturated rings. The van der Waals surface area contributed by atoms with Crippen molar-refractivity contribution in [2.45, 2.75) is 55.6 Å². The van der Waals surface area contributed by atoms with Crippen LogP contribution in [0.25, 0.3) is 11.2 Å². The molecular weight excluding hydrogens is 730 g/mol. The molecule has 6 rings (SSSR count). The molecule has 1 saturated heterocycles. The highest BCUT2D eigenvalue weighted by molar-refractivity contribution is 9.09. The summed E-state index contributed by atoms with van der Waals surface area (Å²) in [6.45, 7) is 7.10. The summed E-state index contributed by atoms with van der Waals surface area (Å²) in [5, 5.41) is 4.85. The fourth-order valence-corrected chi connectivity index (χ4v) is 11.6. The van der Waals surface area contributed by atoms with Crippen LogP contribution in [0, 0.1) is 0 Å². The lowest BCUT2D eigenvalue weighted by atomic mass is 10.2. The summed E-state index contributed by atoms with van der Waals surface area (Å²) in [5.41, 5.74) is 0.812. The molecule has 1 amide bonds. The lowest BCUT2D eigenvalue weighted by Gasteiger charge is -2.43. The Hall–Kier alpha value is -4.63. The number of fused-ring (bicyclic) bond motifs is 1. The first-order valence-corrected chi connectivity index (χ1v) is 19.5. The van der Waals surface area contributed by atoms with E-state index in [4.69, 9.17) is 13.9 Å². The number of nitrogens with zero attached hydrogens (tertiary/aromatic N) is 5. The van der Waals surface area contributed by atoms with Crippen molar-refractivity contribution in [2.75, 3.05) is 20.7 Å². The van der Waals surface area contributed by atoms with E-state index < -0.39 is 43.2 Å². The molecule has 0 saturated carbocycles. The smallest absolute Gasteiger partial charge is 0.407 e. The molecule has 5 aromatic rings. The highest BCUT2D eigenvalue weighted by Gasteiger charge is 2.53. The van der Waals surface area contributed by atoms with Gasteiger partial charge in [-0.15, -0.1) is 0 Å². The molecule has 4 unspecified atom stereocenters. The first-order chi connectivity index (χ1) is 24.5. The first-order valence-electron chi connectivity index (χ1n) is 16.7. The number of rotatable bonds is 11. The molecule has 12 nitrogen and oxygen atoms in total. The number of aromatic amines is 1. The van der Waals surface area contributed by atoms with Crippen molar-refractivity contribution >= 4 is 64.2 Å². The molecule has 266 valence electrons. The normalized spacial score (nSPS) is 19.4. The number of alkyl halides is 1. The van der Waals surface area contributed by atoms with E-state index in [0.717, 1.165) is 15.9 Å². The lowest BCUT2D eigenvalue weighted by Crippen LogP contribution is -2.67. The standard InChI is InChI=1S/C37H42BrN7O5Si/c1-37(2,3)51(26-17-11-7-12-18-26,27-19-13-8-14-20-27)48-22-28-29(38)31(50-36(47)39-21-25-15-9-6-10-16-25)34(49-28)45-24-40-30-32(45)42-35(43-33(30)46)41-23-44(4)5/h6-20,23-24,28-29,31,34H,21-22H2,1-5H3,(H,39,47)(H,42,43,46)/b41-23+. The SMILES string of the molecule is CN(C)/C=N/c1nc2c(ncn2C2OC(CO[Si](c3ccccc3)(c3ccccc3)C(C)(C)C)C(Br)C2OC(=O)NCc2ccccc2)c(=O)[nH]1. The van der Waals surface area contributed by atoms with Crippen molar-refractivity contribution in [1.82, 2.24) is 29.7 Å². The van der Waals surface area contributed by atoms with E-state index >= 15 is 0 Å². The van der Waals surface area contributed by atoms with Crippen molar-refractivity contribution in [1.29, 1.82) is 0 Å². The molecule has 0 radical (unpaired) electrons. The van der Waals surface area contributed by atoms with Crippen LogP contribution in [0.3, 0.4) is 0 Å². The summed E-state index contributed by atoms with van der Waals surface area (Å²) in [6, 6.07) is 30.3. The Morgan fingerprint density at radius 1 is 1.04 bits per heavy atom. The van der Waals surface area contributed by atoms with Crippen molar-refractivity contribution in [3.05, 3.63) is 113 Å². The highest BCUT2D eigenvalue weighted by Crippen LogP contribution is 2.41. The minimum atomic E-state index is -2.93. The Kier molecular flexibility index (Phi) is 10.9. The van der Waals surface area contributed by atoms with E-state index in [0.29, 0.717) is 0 Å². The van der Waals surface area contributed by atoms with Crippen LogP contribution < -0.4 is 21.2 Å². The van der Waals surface area contributed by atoms with Crippen LogP contribution in [0.4, 0.5) is 10.7 Å². The predicted molar refractivity (Wildman–Crippen MR) is 204 cm³/mol. The largest absolute Gasteiger partial charge is 0.440 e. The van der Waals surface area contributed by atoms with Gasteiger partial charge in [-0.05, 0) is 21.0 Å². The summed E-state index contributed by atoms with van der Waals surface area (Å²) in [5.74, 6) is 0.0981. The fourth-order valence-electron chi connectivity index (χ4n) is 6.41. The van der Waals surface area contributed by atoms with E-state index in [1.54, 1.807) is 9.47 Å². The molecule has 3 aromatic carbocycles. The number of imidazole rings is 1. The Morgan fingerprint density at radius 3 is 2.24 bits per heavy atom. The number of hydrogen-bond donors (Lipinski definition) is 2. The van der Waals surface area contributed by atoms with Gasteiger partial charge in [-0.2, -0.15) is 4.98 Å². The predicted octanol–water partition coefficient (Wildman–Crippen LogP) is 4.87. The highest BCUT2D eigenvalue weighted by atomic mass is 79.9. The zero-order valence-corrected chi connectivity index (χ0v) is 31.8. The Bertz CT molecular complexity index is 1980.